The molecule has 0 radical (unpaired) electrons. The van der Waals surface area contributed by atoms with Crippen molar-refractivity contribution < 1.29 is 14.7 Å². The summed E-state index contributed by atoms with van der Waals surface area (Å²) in [5.41, 5.74) is -1.24. The van der Waals surface area contributed by atoms with Crippen molar-refractivity contribution >= 4 is 27.8 Å². The summed E-state index contributed by atoms with van der Waals surface area (Å²) in [5.74, 6) is -1.84. The van der Waals surface area contributed by atoms with Gasteiger partial charge >= 0.3 is 11.7 Å². The molecule has 1 fully saturated rings. The summed E-state index contributed by atoms with van der Waals surface area (Å²) in [6.45, 7) is 0.267. The number of hydrogen-bond acceptors (Lipinski definition) is 4. The van der Waals surface area contributed by atoms with Crippen molar-refractivity contribution in [1.82, 2.24) is 14.5 Å². The number of aromatic amines is 1. The van der Waals surface area contributed by atoms with Crippen LogP contribution in [0.4, 0.5) is 0 Å². The lowest BCUT2D eigenvalue weighted by Gasteiger charge is -2.16. The minimum atomic E-state index is -0.927. The van der Waals surface area contributed by atoms with Crippen LogP contribution in [0.15, 0.2) is 20.3 Å². The number of nitrogens with one attached hydrogen (secondary N) is 1. The highest BCUT2D eigenvalue weighted by molar-refractivity contribution is 9.10. The van der Waals surface area contributed by atoms with Crippen molar-refractivity contribution in [3.63, 3.8) is 0 Å². The fourth-order valence-corrected chi connectivity index (χ4v) is 2.38. The van der Waals surface area contributed by atoms with E-state index >= 15 is 0 Å². The number of rotatable bonds is 3. The van der Waals surface area contributed by atoms with Gasteiger partial charge in [-0.1, -0.05) is 0 Å². The Labute approximate surface area is 121 Å². The average Bonchev–Trinajstić information content (AvgIpc) is 2.85. The fraction of sp³-hybridized carbons (Fsp3) is 0.455. The predicted molar refractivity (Wildman–Crippen MR) is 71.3 cm³/mol. The van der Waals surface area contributed by atoms with E-state index in [1.54, 1.807) is 0 Å². The molecule has 108 valence electrons. The number of carbonyl (C=O) groups excluding carboxylic acids is 1. The molecule has 0 aliphatic carbocycles. The molecule has 8 nitrogen and oxygen atoms in total. The molecule has 0 bridgehead atoms. The highest BCUT2D eigenvalue weighted by Crippen LogP contribution is 2.16. The van der Waals surface area contributed by atoms with Gasteiger partial charge in [-0.3, -0.25) is 23.9 Å². The fourth-order valence-electron chi connectivity index (χ4n) is 2.03. The lowest BCUT2D eigenvalue weighted by molar-refractivity contribution is -0.141. The van der Waals surface area contributed by atoms with Crippen molar-refractivity contribution in [3.8, 4) is 0 Å². The Bertz CT molecular complexity index is 665. The second kappa shape index (κ2) is 5.61. The third-order valence-electron chi connectivity index (χ3n) is 3.16. The van der Waals surface area contributed by atoms with Gasteiger partial charge in [0.2, 0.25) is 5.91 Å². The SMILES string of the molecule is O=C(O)C1CCN(C(=O)Cn2cc(Br)c(=O)[nH]c2=O)C1. The van der Waals surface area contributed by atoms with E-state index in [1.807, 2.05) is 0 Å². The van der Waals surface area contributed by atoms with Crippen molar-refractivity contribution in [2.24, 2.45) is 5.92 Å². The number of likely N-dealkylation sites (tertiary alicyclic amines) is 1. The topological polar surface area (TPSA) is 112 Å². The van der Waals surface area contributed by atoms with Crippen LogP contribution in [0, 0.1) is 5.92 Å². The summed E-state index contributed by atoms with van der Waals surface area (Å²) in [6.07, 6.45) is 1.65. The first-order valence-corrected chi connectivity index (χ1v) is 6.67. The normalized spacial score (nSPS) is 18.2. The highest BCUT2D eigenvalue weighted by atomic mass is 79.9. The van der Waals surface area contributed by atoms with Crippen LogP contribution in [-0.4, -0.2) is 44.5 Å². The molecule has 2 heterocycles. The largest absolute Gasteiger partial charge is 0.481 e. The smallest absolute Gasteiger partial charge is 0.328 e. The van der Waals surface area contributed by atoms with E-state index in [-0.39, 0.29) is 23.5 Å². The molecule has 1 aliphatic heterocycles. The van der Waals surface area contributed by atoms with E-state index in [9.17, 15) is 19.2 Å². The molecule has 1 aromatic heterocycles. The lowest BCUT2D eigenvalue weighted by Crippen LogP contribution is -2.38. The molecule has 0 aromatic carbocycles. The number of carboxylic acids is 1. The Hall–Kier alpha value is -1.90. The Morgan fingerprint density at radius 2 is 2.15 bits per heavy atom. The minimum absolute atomic E-state index is 0.146. The minimum Gasteiger partial charge on any atom is -0.481 e. The number of halogens is 1. The molecule has 1 aromatic rings. The summed E-state index contributed by atoms with van der Waals surface area (Å²) >= 11 is 2.98. The number of hydrogen-bond donors (Lipinski definition) is 2. The molecule has 1 atom stereocenters. The summed E-state index contributed by atoms with van der Waals surface area (Å²) in [5, 5.41) is 8.87. The zero-order valence-electron chi connectivity index (χ0n) is 10.3. The lowest BCUT2D eigenvalue weighted by atomic mass is 10.1. The van der Waals surface area contributed by atoms with Gasteiger partial charge in [-0.2, -0.15) is 0 Å². The molecule has 20 heavy (non-hydrogen) atoms. The Kier molecular flexibility index (Phi) is 4.07. The molecular weight excluding hydrogens is 334 g/mol. The highest BCUT2D eigenvalue weighted by Gasteiger charge is 2.30. The van der Waals surface area contributed by atoms with Crippen LogP contribution < -0.4 is 11.2 Å². The Morgan fingerprint density at radius 3 is 2.75 bits per heavy atom. The first-order chi connectivity index (χ1) is 9.38. The van der Waals surface area contributed by atoms with Gasteiger partial charge in [-0.05, 0) is 22.4 Å². The van der Waals surface area contributed by atoms with Gasteiger partial charge in [0.05, 0.1) is 10.4 Å². The Balaban J connectivity index is 2.10. The second-order valence-corrected chi connectivity index (χ2v) is 5.38. The van der Waals surface area contributed by atoms with E-state index in [2.05, 4.69) is 20.9 Å². The zero-order valence-corrected chi connectivity index (χ0v) is 11.9. The van der Waals surface area contributed by atoms with E-state index in [4.69, 9.17) is 5.11 Å². The second-order valence-electron chi connectivity index (χ2n) is 4.53. The van der Waals surface area contributed by atoms with Crippen LogP contribution in [0.1, 0.15) is 6.42 Å². The van der Waals surface area contributed by atoms with Gasteiger partial charge in [0.1, 0.15) is 6.54 Å². The maximum Gasteiger partial charge on any atom is 0.328 e. The van der Waals surface area contributed by atoms with Crippen molar-refractivity contribution in [3.05, 3.63) is 31.5 Å². The maximum atomic E-state index is 12.0. The maximum absolute atomic E-state index is 12.0. The van der Waals surface area contributed by atoms with E-state index < -0.39 is 23.1 Å². The first kappa shape index (κ1) is 14.5. The van der Waals surface area contributed by atoms with Gasteiger partial charge in [0.25, 0.3) is 5.56 Å². The van der Waals surface area contributed by atoms with Crippen LogP contribution >= 0.6 is 15.9 Å². The molecule has 2 N–H and O–H groups in total. The number of amides is 1. The number of H-pyrrole nitrogens is 1. The van der Waals surface area contributed by atoms with E-state index in [0.717, 1.165) is 4.57 Å². The molecule has 1 amide bonds. The molecule has 0 spiro atoms. The number of carboxylic acid groups (broad SMARTS) is 1. The average molecular weight is 346 g/mol. The van der Waals surface area contributed by atoms with Crippen LogP contribution in [-0.2, 0) is 16.1 Å². The van der Waals surface area contributed by atoms with Gasteiger partial charge in [-0.15, -0.1) is 0 Å². The monoisotopic (exact) mass is 345 g/mol. The van der Waals surface area contributed by atoms with E-state index in [1.165, 1.54) is 11.1 Å². The molecule has 1 unspecified atom stereocenters. The van der Waals surface area contributed by atoms with Crippen molar-refractivity contribution in [2.45, 2.75) is 13.0 Å². The molecule has 1 saturated heterocycles. The summed E-state index contributed by atoms with van der Waals surface area (Å²) in [6, 6.07) is 0. The first-order valence-electron chi connectivity index (χ1n) is 5.88. The van der Waals surface area contributed by atoms with Crippen LogP contribution in [0.25, 0.3) is 0 Å². The van der Waals surface area contributed by atoms with Crippen LogP contribution in [0.3, 0.4) is 0 Å². The van der Waals surface area contributed by atoms with Crippen LogP contribution in [0.2, 0.25) is 0 Å². The van der Waals surface area contributed by atoms with Gasteiger partial charge in [0.15, 0.2) is 0 Å². The molecule has 2 rings (SSSR count). The number of aromatic nitrogens is 2. The summed E-state index contributed by atoms with van der Waals surface area (Å²) in [7, 11) is 0. The predicted octanol–water partition coefficient (Wildman–Crippen LogP) is -0.768. The number of carbonyl (C=O) groups is 2. The number of nitrogens with zero attached hydrogens (tertiary/aromatic N) is 2. The van der Waals surface area contributed by atoms with Gasteiger partial charge in [-0.25, -0.2) is 4.79 Å². The molecular formula is C11H12BrN3O5. The standard InChI is InChI=1S/C11H12BrN3O5/c12-7-4-15(11(20)13-9(7)17)5-8(16)14-2-1-6(3-14)10(18)19/h4,6H,1-3,5H2,(H,18,19)(H,13,17,20). The zero-order chi connectivity index (χ0) is 14.9. The molecule has 0 saturated carbocycles. The van der Waals surface area contributed by atoms with Crippen molar-refractivity contribution in [1.29, 1.82) is 0 Å². The number of aliphatic carboxylic acids is 1. The van der Waals surface area contributed by atoms with Gasteiger partial charge in [0, 0.05) is 19.3 Å². The van der Waals surface area contributed by atoms with Crippen LogP contribution in [0.5, 0.6) is 0 Å². The van der Waals surface area contributed by atoms with Crippen molar-refractivity contribution in [2.75, 3.05) is 13.1 Å². The summed E-state index contributed by atoms with van der Waals surface area (Å²) in [4.78, 5) is 49.0. The molecule has 9 heteroatoms. The van der Waals surface area contributed by atoms with Gasteiger partial charge < -0.3 is 10.0 Å². The van der Waals surface area contributed by atoms with E-state index in [0.29, 0.717) is 13.0 Å². The Morgan fingerprint density at radius 1 is 1.45 bits per heavy atom. The quantitative estimate of drug-likeness (QED) is 0.747. The third-order valence-corrected chi connectivity index (χ3v) is 3.73. The molecule has 1 aliphatic rings. The summed E-state index contributed by atoms with van der Waals surface area (Å²) < 4.78 is 1.22. The third kappa shape index (κ3) is 2.98.